The molecule has 3 rings (SSSR count). The highest BCUT2D eigenvalue weighted by Gasteiger charge is 2.19. The van der Waals surface area contributed by atoms with Crippen LogP contribution in [0.4, 0.5) is 0 Å². The maximum Gasteiger partial charge on any atom is 0.128 e. The maximum absolute atomic E-state index is 6.42. The standard InChI is InChI=1S/C19H19Cl3N2O/c1-25-16-8-5-11(20)10-14(16)18-12(4-2-3-9-23)13-6-7-15(21)17(22)19(13)24-18/h5-8,10,24H,2-4,9,23H2,1H3. The topological polar surface area (TPSA) is 51.0 Å². The van der Waals surface area contributed by atoms with E-state index in [4.69, 9.17) is 45.3 Å². The van der Waals surface area contributed by atoms with Gasteiger partial charge in [-0.25, -0.2) is 0 Å². The second-order valence-electron chi connectivity index (χ2n) is 5.85. The Balaban J connectivity index is 2.24. The lowest BCUT2D eigenvalue weighted by Crippen LogP contribution is -1.99. The van der Waals surface area contributed by atoms with Gasteiger partial charge >= 0.3 is 0 Å². The minimum absolute atomic E-state index is 0.520. The summed E-state index contributed by atoms with van der Waals surface area (Å²) in [6.07, 6.45) is 2.82. The van der Waals surface area contributed by atoms with Crippen LogP contribution in [0.25, 0.3) is 22.2 Å². The van der Waals surface area contributed by atoms with Crippen molar-refractivity contribution in [2.24, 2.45) is 5.73 Å². The maximum atomic E-state index is 6.42. The van der Waals surface area contributed by atoms with Gasteiger partial charge in [0.15, 0.2) is 0 Å². The van der Waals surface area contributed by atoms with Gasteiger partial charge in [-0.1, -0.05) is 40.9 Å². The van der Waals surface area contributed by atoms with Crippen LogP contribution in [0.2, 0.25) is 15.1 Å². The van der Waals surface area contributed by atoms with E-state index in [2.05, 4.69) is 4.98 Å². The third kappa shape index (κ3) is 3.61. The van der Waals surface area contributed by atoms with E-state index in [1.54, 1.807) is 7.11 Å². The predicted octanol–water partition coefficient (Wildman–Crippen LogP) is 6.09. The molecule has 0 aliphatic rings. The molecule has 3 N–H and O–H groups in total. The Bertz CT molecular complexity index is 905. The molecule has 0 unspecified atom stereocenters. The summed E-state index contributed by atoms with van der Waals surface area (Å²) in [5, 5.41) is 2.75. The summed E-state index contributed by atoms with van der Waals surface area (Å²) in [6, 6.07) is 9.39. The van der Waals surface area contributed by atoms with Gasteiger partial charge in [-0.2, -0.15) is 0 Å². The monoisotopic (exact) mass is 396 g/mol. The molecular weight excluding hydrogens is 379 g/mol. The zero-order valence-electron chi connectivity index (χ0n) is 13.8. The third-order valence-corrected chi connectivity index (χ3v) is 5.32. The first-order chi connectivity index (χ1) is 12.1. The Morgan fingerprint density at radius 3 is 2.60 bits per heavy atom. The van der Waals surface area contributed by atoms with E-state index in [-0.39, 0.29) is 0 Å². The van der Waals surface area contributed by atoms with Gasteiger partial charge in [-0.3, -0.25) is 0 Å². The number of hydrogen-bond donors (Lipinski definition) is 2. The second kappa shape index (κ2) is 7.88. The van der Waals surface area contributed by atoms with Crippen LogP contribution in [0.15, 0.2) is 30.3 Å². The third-order valence-electron chi connectivity index (χ3n) is 4.28. The molecule has 0 amide bonds. The Morgan fingerprint density at radius 1 is 1.08 bits per heavy atom. The van der Waals surface area contributed by atoms with Crippen LogP contribution in [0.1, 0.15) is 18.4 Å². The molecule has 0 bridgehead atoms. The van der Waals surface area contributed by atoms with Crippen LogP contribution < -0.4 is 10.5 Å². The quantitative estimate of drug-likeness (QED) is 0.495. The molecule has 0 radical (unpaired) electrons. The van der Waals surface area contributed by atoms with E-state index in [1.165, 1.54) is 5.56 Å². The normalized spacial score (nSPS) is 11.2. The van der Waals surface area contributed by atoms with Gasteiger partial charge in [-0.15, -0.1) is 0 Å². The number of nitrogens with two attached hydrogens (primary N) is 1. The van der Waals surface area contributed by atoms with Crippen molar-refractivity contribution in [2.45, 2.75) is 19.3 Å². The fraction of sp³-hybridized carbons (Fsp3) is 0.263. The lowest BCUT2D eigenvalue weighted by atomic mass is 9.99. The Hall–Kier alpha value is -1.39. The molecule has 2 aromatic carbocycles. The molecule has 0 saturated carbocycles. The fourth-order valence-electron chi connectivity index (χ4n) is 3.07. The van der Waals surface area contributed by atoms with Crippen LogP contribution in [-0.4, -0.2) is 18.6 Å². The van der Waals surface area contributed by atoms with Crippen LogP contribution >= 0.6 is 34.8 Å². The Kier molecular flexibility index (Phi) is 5.80. The van der Waals surface area contributed by atoms with Crippen molar-refractivity contribution in [3.8, 4) is 17.0 Å². The summed E-state index contributed by atoms with van der Waals surface area (Å²) < 4.78 is 5.53. The van der Waals surface area contributed by atoms with Gasteiger partial charge in [0.05, 0.1) is 28.4 Å². The number of unbranched alkanes of at least 4 members (excludes halogenated alkanes) is 1. The molecule has 0 saturated heterocycles. The van der Waals surface area contributed by atoms with E-state index in [1.807, 2.05) is 30.3 Å². The SMILES string of the molecule is COc1ccc(Cl)cc1-c1[nH]c2c(Cl)c(Cl)ccc2c1CCCCN. The summed E-state index contributed by atoms with van der Waals surface area (Å²) in [5.74, 6) is 0.748. The number of nitrogens with one attached hydrogen (secondary N) is 1. The Morgan fingerprint density at radius 2 is 1.88 bits per heavy atom. The highest BCUT2D eigenvalue weighted by Crippen LogP contribution is 2.41. The number of aromatic amines is 1. The molecule has 0 spiro atoms. The summed E-state index contributed by atoms with van der Waals surface area (Å²) in [4.78, 5) is 3.43. The Labute approximate surface area is 162 Å². The molecule has 0 atom stereocenters. The van der Waals surface area contributed by atoms with Crippen molar-refractivity contribution in [2.75, 3.05) is 13.7 Å². The fourth-order valence-corrected chi connectivity index (χ4v) is 3.61. The van der Waals surface area contributed by atoms with Crippen molar-refractivity contribution >= 4 is 45.7 Å². The van der Waals surface area contributed by atoms with Crippen molar-refractivity contribution < 1.29 is 4.74 Å². The molecular formula is C19H19Cl3N2O. The molecule has 25 heavy (non-hydrogen) atoms. The van der Waals surface area contributed by atoms with E-state index in [9.17, 15) is 0 Å². The molecule has 132 valence electrons. The van der Waals surface area contributed by atoms with Gasteiger partial charge in [-0.05, 0) is 55.6 Å². The molecule has 0 aliphatic carbocycles. The first kappa shape index (κ1) is 18.4. The number of ether oxygens (including phenoxy) is 1. The van der Waals surface area contributed by atoms with Crippen LogP contribution in [-0.2, 0) is 6.42 Å². The number of methoxy groups -OCH3 is 1. The van der Waals surface area contributed by atoms with Crippen LogP contribution in [0, 0.1) is 0 Å². The molecule has 0 aliphatic heterocycles. The largest absolute Gasteiger partial charge is 0.496 e. The summed E-state index contributed by atoms with van der Waals surface area (Å²) in [6.45, 7) is 0.671. The minimum atomic E-state index is 0.520. The van der Waals surface area contributed by atoms with Gasteiger partial charge < -0.3 is 15.5 Å². The van der Waals surface area contributed by atoms with Crippen molar-refractivity contribution in [1.82, 2.24) is 4.98 Å². The zero-order valence-corrected chi connectivity index (χ0v) is 16.1. The molecule has 1 heterocycles. The van der Waals surface area contributed by atoms with Gasteiger partial charge in [0.25, 0.3) is 0 Å². The zero-order chi connectivity index (χ0) is 18.0. The number of fused-ring (bicyclic) bond motifs is 1. The average molecular weight is 398 g/mol. The summed E-state index contributed by atoms with van der Waals surface area (Å²) in [7, 11) is 1.65. The van der Waals surface area contributed by atoms with Crippen molar-refractivity contribution in [1.29, 1.82) is 0 Å². The van der Waals surface area contributed by atoms with Crippen LogP contribution in [0.3, 0.4) is 0 Å². The van der Waals surface area contributed by atoms with E-state index < -0.39 is 0 Å². The summed E-state index contributed by atoms with van der Waals surface area (Å²) >= 11 is 18.8. The van der Waals surface area contributed by atoms with Crippen molar-refractivity contribution in [3.05, 3.63) is 51.0 Å². The van der Waals surface area contributed by atoms with E-state index in [0.717, 1.165) is 47.2 Å². The first-order valence-corrected chi connectivity index (χ1v) is 9.22. The van der Waals surface area contributed by atoms with Crippen LogP contribution in [0.5, 0.6) is 5.75 Å². The van der Waals surface area contributed by atoms with Crippen molar-refractivity contribution in [3.63, 3.8) is 0 Å². The summed E-state index contributed by atoms with van der Waals surface area (Å²) in [5.41, 5.74) is 9.51. The number of hydrogen-bond acceptors (Lipinski definition) is 2. The number of benzene rings is 2. The average Bonchev–Trinajstić information content (AvgIpc) is 2.97. The number of rotatable bonds is 6. The van der Waals surface area contributed by atoms with Gasteiger partial charge in [0.1, 0.15) is 5.75 Å². The second-order valence-corrected chi connectivity index (χ2v) is 7.07. The molecule has 3 nitrogen and oxygen atoms in total. The van der Waals surface area contributed by atoms with Gasteiger partial charge in [0.2, 0.25) is 0 Å². The lowest BCUT2D eigenvalue weighted by Gasteiger charge is -2.10. The molecule has 1 aromatic heterocycles. The number of H-pyrrole nitrogens is 1. The number of aromatic nitrogens is 1. The van der Waals surface area contributed by atoms with E-state index in [0.29, 0.717) is 21.6 Å². The lowest BCUT2D eigenvalue weighted by molar-refractivity contribution is 0.416. The molecule has 3 aromatic rings. The number of halogens is 3. The minimum Gasteiger partial charge on any atom is -0.496 e. The highest BCUT2D eigenvalue weighted by molar-refractivity contribution is 6.45. The smallest absolute Gasteiger partial charge is 0.128 e. The first-order valence-electron chi connectivity index (χ1n) is 8.09. The molecule has 6 heteroatoms. The van der Waals surface area contributed by atoms with E-state index >= 15 is 0 Å². The van der Waals surface area contributed by atoms with Gasteiger partial charge in [0, 0.05) is 16.0 Å². The highest BCUT2D eigenvalue weighted by atomic mass is 35.5. The predicted molar refractivity (Wildman–Crippen MR) is 107 cm³/mol. The number of aryl methyl sites for hydroxylation is 1. The molecule has 0 fully saturated rings.